The Balaban J connectivity index is 3.29. The first-order chi connectivity index (χ1) is 7.18. The minimum Gasteiger partial charge on any atom is -0.389 e. The molecule has 4 nitrogen and oxygen atoms in total. The lowest BCUT2D eigenvalue weighted by Crippen LogP contribution is -2.40. The highest BCUT2D eigenvalue weighted by Gasteiger charge is 2.20. The van der Waals surface area contributed by atoms with Crippen LogP contribution in [-0.2, 0) is 9.47 Å². The van der Waals surface area contributed by atoms with Gasteiger partial charge in [-0.2, -0.15) is 0 Å². The zero-order valence-electron chi connectivity index (χ0n) is 10.2. The van der Waals surface area contributed by atoms with Crippen molar-refractivity contribution >= 4 is 0 Å². The van der Waals surface area contributed by atoms with Crippen LogP contribution in [0.2, 0.25) is 0 Å². The van der Waals surface area contributed by atoms with Crippen molar-refractivity contribution in [3.05, 3.63) is 0 Å². The maximum atomic E-state index is 9.95. The number of nitrogens with one attached hydrogen (secondary N) is 1. The smallest absolute Gasteiger partial charge is 0.0766 e. The van der Waals surface area contributed by atoms with Crippen molar-refractivity contribution < 1.29 is 14.6 Å². The Labute approximate surface area is 93.0 Å². The van der Waals surface area contributed by atoms with Crippen molar-refractivity contribution in [2.24, 2.45) is 0 Å². The second-order valence-corrected chi connectivity index (χ2v) is 3.71. The minimum absolute atomic E-state index is 0.563. The van der Waals surface area contributed by atoms with Crippen molar-refractivity contribution in [3.8, 4) is 0 Å². The molecule has 0 heterocycles. The summed E-state index contributed by atoms with van der Waals surface area (Å²) in [5.74, 6) is 0. The first-order valence-electron chi connectivity index (χ1n) is 5.68. The van der Waals surface area contributed by atoms with Gasteiger partial charge in [0.1, 0.15) is 0 Å². The van der Waals surface area contributed by atoms with E-state index < -0.39 is 5.60 Å². The number of aliphatic hydroxyl groups is 1. The monoisotopic (exact) mass is 219 g/mol. The number of ether oxygens (including phenoxy) is 2. The normalized spacial score (nSPS) is 12.0. The number of hydrogen-bond donors (Lipinski definition) is 2. The molecule has 0 unspecified atom stereocenters. The van der Waals surface area contributed by atoms with Crippen LogP contribution in [0.1, 0.15) is 26.7 Å². The van der Waals surface area contributed by atoms with Gasteiger partial charge in [-0.1, -0.05) is 13.8 Å². The van der Waals surface area contributed by atoms with Gasteiger partial charge in [0.05, 0.1) is 25.4 Å². The lowest BCUT2D eigenvalue weighted by atomic mass is 9.98. The Bertz CT molecular complexity index is 138. The molecule has 0 rings (SSSR count). The van der Waals surface area contributed by atoms with Crippen molar-refractivity contribution in [1.82, 2.24) is 5.32 Å². The van der Waals surface area contributed by atoms with Gasteiger partial charge in [-0.05, 0) is 12.8 Å². The molecule has 0 spiro atoms. The third kappa shape index (κ3) is 7.73. The van der Waals surface area contributed by atoms with Crippen LogP contribution in [0.15, 0.2) is 0 Å². The molecular formula is C11H25NO3. The summed E-state index contributed by atoms with van der Waals surface area (Å²) in [5, 5.41) is 13.1. The Morgan fingerprint density at radius 3 is 2.33 bits per heavy atom. The Morgan fingerprint density at radius 2 is 1.80 bits per heavy atom. The second kappa shape index (κ2) is 9.09. The van der Waals surface area contributed by atoms with Crippen molar-refractivity contribution in [3.63, 3.8) is 0 Å². The van der Waals surface area contributed by atoms with Gasteiger partial charge in [-0.25, -0.2) is 0 Å². The van der Waals surface area contributed by atoms with E-state index in [0.29, 0.717) is 26.4 Å². The summed E-state index contributed by atoms with van der Waals surface area (Å²) >= 11 is 0. The van der Waals surface area contributed by atoms with Gasteiger partial charge < -0.3 is 19.9 Å². The van der Waals surface area contributed by atoms with Gasteiger partial charge in [-0.3, -0.25) is 0 Å². The molecule has 0 aromatic heterocycles. The van der Waals surface area contributed by atoms with Crippen molar-refractivity contribution in [2.75, 3.05) is 40.0 Å². The molecule has 0 saturated carbocycles. The van der Waals surface area contributed by atoms with Crippen LogP contribution < -0.4 is 5.32 Å². The van der Waals surface area contributed by atoms with E-state index >= 15 is 0 Å². The average Bonchev–Trinajstić information content (AvgIpc) is 2.27. The molecule has 0 bridgehead atoms. The van der Waals surface area contributed by atoms with E-state index in [1.165, 1.54) is 0 Å². The number of hydrogen-bond acceptors (Lipinski definition) is 4. The lowest BCUT2D eigenvalue weighted by molar-refractivity contribution is 0.0282. The molecule has 0 aromatic carbocycles. The highest BCUT2D eigenvalue weighted by Crippen LogP contribution is 2.12. The van der Waals surface area contributed by atoms with Gasteiger partial charge in [0, 0.05) is 20.2 Å². The molecule has 0 aromatic rings. The summed E-state index contributed by atoms with van der Waals surface area (Å²) in [6.45, 7) is 7.32. The molecule has 0 saturated heterocycles. The number of rotatable bonds is 10. The van der Waals surface area contributed by atoms with Crippen LogP contribution >= 0.6 is 0 Å². The van der Waals surface area contributed by atoms with Crippen LogP contribution in [-0.4, -0.2) is 50.7 Å². The fourth-order valence-electron chi connectivity index (χ4n) is 1.21. The predicted octanol–water partition coefficient (Wildman–Crippen LogP) is 0.790. The van der Waals surface area contributed by atoms with Gasteiger partial charge in [0.15, 0.2) is 0 Å². The molecule has 0 aliphatic carbocycles. The van der Waals surface area contributed by atoms with Gasteiger partial charge >= 0.3 is 0 Å². The summed E-state index contributed by atoms with van der Waals surface area (Å²) < 4.78 is 10.1. The van der Waals surface area contributed by atoms with E-state index in [-0.39, 0.29) is 0 Å². The molecule has 92 valence electrons. The first kappa shape index (κ1) is 14.8. The largest absolute Gasteiger partial charge is 0.389 e. The zero-order valence-corrected chi connectivity index (χ0v) is 10.2. The Hall–Kier alpha value is -0.160. The summed E-state index contributed by atoms with van der Waals surface area (Å²) in [7, 11) is 1.66. The molecule has 4 heteroatoms. The van der Waals surface area contributed by atoms with E-state index in [1.54, 1.807) is 7.11 Å². The summed E-state index contributed by atoms with van der Waals surface area (Å²) in [4.78, 5) is 0. The van der Waals surface area contributed by atoms with Gasteiger partial charge in [0.25, 0.3) is 0 Å². The molecular weight excluding hydrogens is 194 g/mol. The third-order valence-electron chi connectivity index (χ3n) is 2.63. The number of methoxy groups -OCH3 is 1. The summed E-state index contributed by atoms with van der Waals surface area (Å²) in [5.41, 5.74) is -0.563. The summed E-state index contributed by atoms with van der Waals surface area (Å²) in [6.07, 6.45) is 1.56. The van der Waals surface area contributed by atoms with E-state index in [4.69, 9.17) is 9.47 Å². The lowest BCUT2D eigenvalue weighted by Gasteiger charge is -2.25. The Kier molecular flexibility index (Phi) is 9.00. The second-order valence-electron chi connectivity index (χ2n) is 3.71. The topological polar surface area (TPSA) is 50.7 Å². The van der Waals surface area contributed by atoms with Crippen LogP contribution in [0.4, 0.5) is 0 Å². The van der Waals surface area contributed by atoms with Crippen LogP contribution in [0.5, 0.6) is 0 Å². The molecule has 15 heavy (non-hydrogen) atoms. The third-order valence-corrected chi connectivity index (χ3v) is 2.63. The van der Waals surface area contributed by atoms with E-state index in [2.05, 4.69) is 5.32 Å². The predicted molar refractivity (Wildman–Crippen MR) is 61.1 cm³/mol. The SMILES string of the molecule is CCC(O)(CC)CNCCOCCOC. The molecule has 0 radical (unpaired) electrons. The standard InChI is InChI=1S/C11H25NO3/c1-4-11(13,5-2)10-12-6-7-15-9-8-14-3/h12-13H,4-10H2,1-3H3. The van der Waals surface area contributed by atoms with Crippen molar-refractivity contribution in [2.45, 2.75) is 32.3 Å². The minimum atomic E-state index is -0.563. The van der Waals surface area contributed by atoms with E-state index in [1.807, 2.05) is 13.8 Å². The van der Waals surface area contributed by atoms with Crippen molar-refractivity contribution in [1.29, 1.82) is 0 Å². The first-order valence-corrected chi connectivity index (χ1v) is 5.68. The highest BCUT2D eigenvalue weighted by molar-refractivity contribution is 4.77. The summed E-state index contributed by atoms with van der Waals surface area (Å²) in [6, 6.07) is 0. The average molecular weight is 219 g/mol. The van der Waals surface area contributed by atoms with Gasteiger partial charge in [0.2, 0.25) is 0 Å². The van der Waals surface area contributed by atoms with Crippen LogP contribution in [0.3, 0.4) is 0 Å². The highest BCUT2D eigenvalue weighted by atomic mass is 16.5. The van der Waals surface area contributed by atoms with Crippen LogP contribution in [0, 0.1) is 0 Å². The quantitative estimate of drug-likeness (QED) is 0.533. The van der Waals surface area contributed by atoms with E-state index in [9.17, 15) is 5.11 Å². The molecule has 0 aliphatic rings. The maximum absolute atomic E-state index is 9.95. The molecule has 0 aliphatic heterocycles. The Morgan fingerprint density at radius 1 is 1.13 bits per heavy atom. The molecule has 0 fully saturated rings. The van der Waals surface area contributed by atoms with Gasteiger partial charge in [-0.15, -0.1) is 0 Å². The van der Waals surface area contributed by atoms with E-state index in [0.717, 1.165) is 19.4 Å². The fourth-order valence-corrected chi connectivity index (χ4v) is 1.21. The fraction of sp³-hybridized carbons (Fsp3) is 1.00. The molecule has 0 atom stereocenters. The maximum Gasteiger partial charge on any atom is 0.0766 e. The molecule has 2 N–H and O–H groups in total. The van der Waals surface area contributed by atoms with Crippen LogP contribution in [0.25, 0.3) is 0 Å². The molecule has 0 amide bonds. The zero-order chi connectivity index (χ0) is 11.6.